The number of ketones is 1. The van der Waals surface area contributed by atoms with Crippen molar-refractivity contribution in [3.63, 3.8) is 0 Å². The second-order valence-corrected chi connectivity index (χ2v) is 9.86. The van der Waals surface area contributed by atoms with Crippen molar-refractivity contribution in [2.45, 2.75) is 26.8 Å². The smallest absolute Gasteiger partial charge is 0.301 e. The summed E-state index contributed by atoms with van der Waals surface area (Å²) in [4.78, 5) is 41.8. The minimum atomic E-state index is -0.898. The van der Waals surface area contributed by atoms with E-state index in [-0.39, 0.29) is 17.0 Å². The van der Waals surface area contributed by atoms with Crippen LogP contribution in [0.3, 0.4) is 0 Å². The number of anilines is 1. The van der Waals surface area contributed by atoms with E-state index >= 15 is 0 Å². The van der Waals surface area contributed by atoms with Crippen molar-refractivity contribution in [1.82, 2.24) is 19.4 Å². The fourth-order valence-electron chi connectivity index (χ4n) is 4.68. The zero-order valence-corrected chi connectivity index (χ0v) is 20.6. The summed E-state index contributed by atoms with van der Waals surface area (Å²) in [6.45, 7) is 5.73. The van der Waals surface area contributed by atoms with Crippen molar-refractivity contribution < 1.29 is 14.7 Å². The van der Waals surface area contributed by atoms with Crippen LogP contribution in [-0.4, -0.2) is 36.1 Å². The summed E-state index contributed by atoms with van der Waals surface area (Å²) in [5, 5.41) is 11.9. The van der Waals surface area contributed by atoms with Crippen LogP contribution in [0.5, 0.6) is 0 Å². The standard InChI is InChI=1S/C27H21N5O3S/c1-14-8-9-18-19(12-14)36-27(29-18)32-22(17-7-4-10-28-13-17)20(24(34)26(32)35)23(33)21-16(3)31-11-5-6-15(2)25(31)30-21/h4-13,22,33H,1-3H3. The highest BCUT2D eigenvalue weighted by Gasteiger charge is 2.48. The number of carbonyl (C=O) groups excluding carboxylic acids is 2. The fraction of sp³-hybridized carbons (Fsp3) is 0.148. The van der Waals surface area contributed by atoms with Gasteiger partial charge < -0.3 is 9.51 Å². The van der Waals surface area contributed by atoms with Crippen molar-refractivity contribution in [3.8, 4) is 0 Å². The monoisotopic (exact) mass is 495 g/mol. The number of carbonyl (C=O) groups is 2. The lowest BCUT2D eigenvalue weighted by Gasteiger charge is -2.22. The molecule has 1 amide bonds. The Labute approximate surface area is 210 Å². The molecule has 4 aromatic heterocycles. The molecule has 1 atom stereocenters. The predicted octanol–water partition coefficient (Wildman–Crippen LogP) is 4.89. The van der Waals surface area contributed by atoms with Crippen LogP contribution in [0.4, 0.5) is 5.13 Å². The lowest BCUT2D eigenvalue weighted by molar-refractivity contribution is -0.132. The molecule has 6 rings (SSSR count). The zero-order chi connectivity index (χ0) is 25.1. The molecule has 8 nitrogen and oxygen atoms in total. The molecule has 0 radical (unpaired) electrons. The fourth-order valence-corrected chi connectivity index (χ4v) is 5.77. The summed E-state index contributed by atoms with van der Waals surface area (Å²) in [6, 6.07) is 12.3. The number of hydrogen-bond donors (Lipinski definition) is 1. The highest BCUT2D eigenvalue weighted by molar-refractivity contribution is 7.22. The van der Waals surface area contributed by atoms with E-state index in [0.29, 0.717) is 22.0 Å². The number of amides is 1. The van der Waals surface area contributed by atoms with Crippen molar-refractivity contribution in [2.24, 2.45) is 0 Å². The predicted molar refractivity (Wildman–Crippen MR) is 138 cm³/mol. The number of aryl methyl sites for hydroxylation is 3. The Balaban J connectivity index is 1.59. The van der Waals surface area contributed by atoms with E-state index in [1.54, 1.807) is 24.5 Å². The Kier molecular flexibility index (Phi) is 4.97. The second kappa shape index (κ2) is 8.10. The van der Waals surface area contributed by atoms with Crippen LogP contribution in [0.1, 0.15) is 34.1 Å². The zero-order valence-electron chi connectivity index (χ0n) is 19.8. The van der Waals surface area contributed by atoms with E-state index in [2.05, 4.69) is 15.0 Å². The van der Waals surface area contributed by atoms with E-state index in [4.69, 9.17) is 0 Å². The van der Waals surface area contributed by atoms with Crippen molar-refractivity contribution >= 4 is 49.8 Å². The molecule has 1 saturated heterocycles. The molecule has 9 heteroatoms. The molecule has 0 spiro atoms. The van der Waals surface area contributed by atoms with Gasteiger partial charge in [-0.05, 0) is 61.7 Å². The number of nitrogens with zero attached hydrogens (tertiary/aromatic N) is 5. The minimum Gasteiger partial charge on any atom is -0.505 e. The number of aromatic nitrogens is 4. The first kappa shape index (κ1) is 22.1. The first-order valence-corrected chi connectivity index (χ1v) is 12.2. The topological polar surface area (TPSA) is 101 Å². The quantitative estimate of drug-likeness (QED) is 0.217. The largest absolute Gasteiger partial charge is 0.505 e. The summed E-state index contributed by atoms with van der Waals surface area (Å²) in [5.74, 6) is -1.86. The number of thiazole rings is 1. The van der Waals surface area contributed by atoms with E-state index in [1.165, 1.54) is 16.2 Å². The molecule has 5 aromatic rings. The van der Waals surface area contributed by atoms with E-state index < -0.39 is 17.7 Å². The van der Waals surface area contributed by atoms with Gasteiger partial charge in [-0.15, -0.1) is 0 Å². The number of aliphatic hydroxyl groups is 1. The number of aliphatic hydroxyl groups excluding tert-OH is 1. The van der Waals surface area contributed by atoms with Crippen LogP contribution < -0.4 is 4.90 Å². The Morgan fingerprint density at radius 2 is 1.89 bits per heavy atom. The molecule has 1 aliphatic rings. The number of pyridine rings is 2. The summed E-state index contributed by atoms with van der Waals surface area (Å²) >= 11 is 1.33. The number of rotatable bonds is 3. The van der Waals surface area contributed by atoms with Gasteiger partial charge >= 0.3 is 5.91 Å². The number of hydrogen-bond acceptors (Lipinski definition) is 7. The lowest BCUT2D eigenvalue weighted by Crippen LogP contribution is -2.29. The third kappa shape index (κ3) is 3.24. The Morgan fingerprint density at radius 3 is 2.64 bits per heavy atom. The van der Waals surface area contributed by atoms with Gasteiger partial charge in [-0.3, -0.25) is 19.5 Å². The summed E-state index contributed by atoms with van der Waals surface area (Å²) < 4.78 is 2.76. The van der Waals surface area contributed by atoms with Crippen molar-refractivity contribution in [2.75, 3.05) is 4.90 Å². The van der Waals surface area contributed by atoms with Crippen LogP contribution in [0.25, 0.3) is 21.6 Å². The van der Waals surface area contributed by atoms with E-state index in [0.717, 1.165) is 21.3 Å². The Hall–Kier alpha value is -4.37. The van der Waals surface area contributed by atoms with Crippen molar-refractivity contribution in [1.29, 1.82) is 0 Å². The Bertz CT molecular complexity index is 1730. The average molecular weight is 496 g/mol. The van der Waals surface area contributed by atoms with Gasteiger partial charge in [-0.2, -0.15) is 0 Å². The molecule has 1 fully saturated rings. The third-order valence-corrected chi connectivity index (χ3v) is 7.51. The molecule has 0 bridgehead atoms. The molecular weight excluding hydrogens is 474 g/mol. The van der Waals surface area contributed by atoms with Gasteiger partial charge in [0, 0.05) is 18.6 Å². The molecule has 178 valence electrons. The molecule has 1 aliphatic heterocycles. The summed E-state index contributed by atoms with van der Waals surface area (Å²) in [6.07, 6.45) is 5.06. The second-order valence-electron chi connectivity index (χ2n) is 8.85. The van der Waals surface area contributed by atoms with Crippen LogP contribution in [-0.2, 0) is 9.59 Å². The first-order chi connectivity index (χ1) is 17.3. The highest BCUT2D eigenvalue weighted by Crippen LogP contribution is 2.44. The maximum Gasteiger partial charge on any atom is 0.301 e. The molecule has 1 aromatic carbocycles. The lowest BCUT2D eigenvalue weighted by atomic mass is 9.97. The summed E-state index contributed by atoms with van der Waals surface area (Å²) in [5.41, 5.74) is 4.88. The maximum atomic E-state index is 13.5. The number of Topliss-reactive ketones (excluding diaryl/α,β-unsaturated/α-hetero) is 1. The van der Waals surface area contributed by atoms with Crippen LogP contribution in [0.2, 0.25) is 0 Å². The first-order valence-electron chi connectivity index (χ1n) is 11.4. The molecule has 5 heterocycles. The van der Waals surface area contributed by atoms with Crippen molar-refractivity contribution in [3.05, 3.63) is 94.7 Å². The molecule has 0 aliphatic carbocycles. The maximum absolute atomic E-state index is 13.5. The van der Waals surface area contributed by atoms with Gasteiger partial charge in [0.15, 0.2) is 10.9 Å². The van der Waals surface area contributed by atoms with Gasteiger partial charge in [0.25, 0.3) is 5.78 Å². The third-order valence-electron chi connectivity index (χ3n) is 6.49. The molecule has 36 heavy (non-hydrogen) atoms. The van der Waals surface area contributed by atoms with Gasteiger partial charge in [-0.1, -0.05) is 29.5 Å². The van der Waals surface area contributed by atoms with Crippen LogP contribution in [0.15, 0.2) is 66.6 Å². The van der Waals surface area contributed by atoms with Gasteiger partial charge in [-0.25, -0.2) is 9.97 Å². The minimum absolute atomic E-state index is 0.0346. The number of benzene rings is 1. The van der Waals surface area contributed by atoms with Crippen LogP contribution >= 0.6 is 11.3 Å². The highest BCUT2D eigenvalue weighted by atomic mass is 32.1. The van der Waals surface area contributed by atoms with Gasteiger partial charge in [0.2, 0.25) is 0 Å². The van der Waals surface area contributed by atoms with Gasteiger partial charge in [0.1, 0.15) is 11.3 Å². The number of imidazole rings is 1. The molecular formula is C27H21N5O3S. The Morgan fingerprint density at radius 1 is 1.06 bits per heavy atom. The van der Waals surface area contributed by atoms with Gasteiger partial charge in [0.05, 0.1) is 27.5 Å². The number of fused-ring (bicyclic) bond motifs is 2. The van der Waals surface area contributed by atoms with Crippen LogP contribution in [0, 0.1) is 20.8 Å². The summed E-state index contributed by atoms with van der Waals surface area (Å²) in [7, 11) is 0. The molecule has 1 N–H and O–H groups in total. The van der Waals surface area contributed by atoms with E-state index in [9.17, 15) is 14.7 Å². The molecule has 1 unspecified atom stereocenters. The average Bonchev–Trinajstić information content (AvgIpc) is 3.52. The van der Waals surface area contributed by atoms with E-state index in [1.807, 2.05) is 61.7 Å². The SMILES string of the molecule is Cc1ccc2nc(N3C(=O)C(=O)C(=C(O)c4nc5c(C)cccn5c4C)C3c3cccnc3)sc2c1. The normalized spacial score (nSPS) is 17.5. The molecule has 0 saturated carbocycles.